The predicted octanol–water partition coefficient (Wildman–Crippen LogP) is 2.02. The van der Waals surface area contributed by atoms with Crippen LogP contribution in [0.4, 0.5) is 10.1 Å². The van der Waals surface area contributed by atoms with Gasteiger partial charge >= 0.3 is 0 Å². The summed E-state index contributed by atoms with van der Waals surface area (Å²) in [4.78, 5) is 3.93. The van der Waals surface area contributed by atoms with Crippen molar-refractivity contribution in [1.29, 1.82) is 0 Å². The minimum absolute atomic E-state index is 0.142. The Balaban J connectivity index is 2.93. The Labute approximate surface area is 66.5 Å². The average molecular weight is 168 g/mol. The number of thiazole rings is 1. The highest BCUT2D eigenvalue weighted by molar-refractivity contribution is 7.16. The number of benzene rings is 1. The molecule has 0 fully saturated rings. The van der Waals surface area contributed by atoms with E-state index in [2.05, 4.69) is 4.98 Å². The van der Waals surface area contributed by atoms with Gasteiger partial charge in [-0.1, -0.05) is 0 Å². The number of anilines is 1. The highest BCUT2D eigenvalue weighted by atomic mass is 32.1. The van der Waals surface area contributed by atoms with Crippen molar-refractivity contribution in [3.8, 4) is 0 Å². The molecule has 2 aromatic rings. The molecule has 0 unspecified atom stereocenters. The van der Waals surface area contributed by atoms with Gasteiger partial charge in [-0.05, 0) is 12.1 Å². The third kappa shape index (κ3) is 0.867. The molecule has 0 aliphatic rings. The number of hydrogen-bond donors (Lipinski definition) is 1. The van der Waals surface area contributed by atoms with E-state index in [1.54, 1.807) is 11.6 Å². The number of nitrogens with zero attached hydrogens (tertiary/aromatic N) is 1. The number of aromatic nitrogens is 1. The minimum Gasteiger partial charge on any atom is -0.395 e. The lowest BCUT2D eigenvalue weighted by molar-refractivity contribution is 0.634. The summed E-state index contributed by atoms with van der Waals surface area (Å²) in [6, 6.07) is 3.04. The van der Waals surface area contributed by atoms with E-state index in [1.807, 2.05) is 0 Å². The van der Waals surface area contributed by atoms with Gasteiger partial charge in [-0.15, -0.1) is 11.3 Å². The van der Waals surface area contributed by atoms with Crippen LogP contribution in [-0.2, 0) is 0 Å². The van der Waals surface area contributed by atoms with Crippen LogP contribution in [0.1, 0.15) is 0 Å². The fourth-order valence-electron chi connectivity index (χ4n) is 0.928. The molecule has 0 saturated heterocycles. The maximum absolute atomic E-state index is 12.8. The van der Waals surface area contributed by atoms with Crippen molar-refractivity contribution < 1.29 is 4.39 Å². The number of fused-ring (bicyclic) bond motifs is 1. The van der Waals surface area contributed by atoms with Gasteiger partial charge in [0.1, 0.15) is 11.3 Å². The Morgan fingerprint density at radius 1 is 1.45 bits per heavy atom. The molecule has 1 aromatic heterocycles. The van der Waals surface area contributed by atoms with Gasteiger partial charge < -0.3 is 5.73 Å². The van der Waals surface area contributed by atoms with Crippen LogP contribution in [0.3, 0.4) is 0 Å². The van der Waals surface area contributed by atoms with E-state index in [1.165, 1.54) is 17.4 Å². The van der Waals surface area contributed by atoms with Gasteiger partial charge in [0.2, 0.25) is 0 Å². The van der Waals surface area contributed by atoms with Crippen LogP contribution >= 0.6 is 11.3 Å². The second-order valence-electron chi connectivity index (χ2n) is 2.16. The molecular weight excluding hydrogens is 163 g/mol. The quantitative estimate of drug-likeness (QED) is 0.611. The summed E-state index contributed by atoms with van der Waals surface area (Å²) < 4.78 is 13.7. The Kier molecular flexibility index (Phi) is 1.29. The maximum Gasteiger partial charge on any atom is 0.148 e. The number of halogens is 1. The molecule has 2 nitrogen and oxygen atoms in total. The summed E-state index contributed by atoms with van der Waals surface area (Å²) in [5, 5.41) is 0. The van der Waals surface area contributed by atoms with Crippen LogP contribution in [0.2, 0.25) is 0 Å². The summed E-state index contributed by atoms with van der Waals surface area (Å²) in [5.41, 5.74) is 7.79. The third-order valence-electron chi connectivity index (χ3n) is 1.49. The van der Waals surface area contributed by atoms with Crippen molar-refractivity contribution in [1.82, 2.24) is 4.98 Å². The molecular formula is C7H5FN2S. The monoisotopic (exact) mass is 168 g/mol. The SMILES string of the molecule is Nc1c(F)ccc2scnc12. The lowest BCUT2D eigenvalue weighted by Crippen LogP contribution is -1.90. The lowest BCUT2D eigenvalue weighted by Gasteiger charge is -1.94. The molecule has 0 radical (unpaired) electrons. The van der Waals surface area contributed by atoms with Gasteiger partial charge in [0.15, 0.2) is 0 Å². The number of rotatable bonds is 0. The predicted molar refractivity (Wildman–Crippen MR) is 44.0 cm³/mol. The molecule has 2 N–H and O–H groups in total. The summed E-state index contributed by atoms with van der Waals surface area (Å²) in [7, 11) is 0. The first-order valence-electron chi connectivity index (χ1n) is 3.06. The van der Waals surface area contributed by atoms with Gasteiger partial charge in [-0.2, -0.15) is 0 Å². The average Bonchev–Trinajstić information content (AvgIpc) is 2.45. The standard InChI is InChI=1S/C7H5FN2S/c8-4-1-2-5-7(6(4)9)10-3-11-5/h1-3H,9H2. The van der Waals surface area contributed by atoms with Crippen LogP contribution < -0.4 is 5.73 Å². The number of hydrogen-bond acceptors (Lipinski definition) is 3. The lowest BCUT2D eigenvalue weighted by atomic mass is 10.3. The summed E-state index contributed by atoms with van der Waals surface area (Å²) in [6.45, 7) is 0. The van der Waals surface area contributed by atoms with Gasteiger partial charge in [-0.3, -0.25) is 0 Å². The fourth-order valence-corrected chi connectivity index (χ4v) is 1.62. The van der Waals surface area contributed by atoms with Crippen molar-refractivity contribution in [2.45, 2.75) is 0 Å². The van der Waals surface area contributed by atoms with E-state index in [-0.39, 0.29) is 5.69 Å². The highest BCUT2D eigenvalue weighted by Gasteiger charge is 2.04. The summed E-state index contributed by atoms with van der Waals surface area (Å²) in [6.07, 6.45) is 0. The van der Waals surface area contributed by atoms with Crippen LogP contribution in [0.15, 0.2) is 17.6 Å². The van der Waals surface area contributed by atoms with E-state index in [0.29, 0.717) is 5.52 Å². The van der Waals surface area contributed by atoms with E-state index in [4.69, 9.17) is 5.73 Å². The van der Waals surface area contributed by atoms with E-state index >= 15 is 0 Å². The first-order chi connectivity index (χ1) is 5.29. The van der Waals surface area contributed by atoms with Crippen LogP contribution in [0, 0.1) is 5.82 Å². The largest absolute Gasteiger partial charge is 0.395 e. The molecule has 0 spiro atoms. The minimum atomic E-state index is -0.400. The summed E-state index contributed by atoms with van der Waals surface area (Å²) >= 11 is 1.45. The van der Waals surface area contributed by atoms with E-state index in [9.17, 15) is 4.39 Å². The Hall–Kier alpha value is -1.16. The second kappa shape index (κ2) is 2.17. The highest BCUT2D eigenvalue weighted by Crippen LogP contribution is 2.24. The topological polar surface area (TPSA) is 38.9 Å². The smallest absolute Gasteiger partial charge is 0.148 e. The molecule has 0 bridgehead atoms. The Morgan fingerprint density at radius 2 is 2.27 bits per heavy atom. The second-order valence-corrected chi connectivity index (χ2v) is 3.05. The van der Waals surface area contributed by atoms with Gasteiger partial charge in [-0.25, -0.2) is 9.37 Å². The normalized spacial score (nSPS) is 10.6. The van der Waals surface area contributed by atoms with Crippen LogP contribution in [-0.4, -0.2) is 4.98 Å². The van der Waals surface area contributed by atoms with Crippen LogP contribution in [0.5, 0.6) is 0 Å². The molecule has 11 heavy (non-hydrogen) atoms. The maximum atomic E-state index is 12.8. The molecule has 1 heterocycles. The third-order valence-corrected chi connectivity index (χ3v) is 2.28. The molecule has 0 aliphatic carbocycles. The molecule has 4 heteroatoms. The first kappa shape index (κ1) is 6.54. The van der Waals surface area contributed by atoms with E-state index in [0.717, 1.165) is 4.70 Å². The number of nitrogen functional groups attached to an aromatic ring is 1. The van der Waals surface area contributed by atoms with Crippen molar-refractivity contribution in [3.05, 3.63) is 23.5 Å². The zero-order valence-electron chi connectivity index (χ0n) is 5.54. The molecule has 56 valence electrons. The van der Waals surface area contributed by atoms with Crippen LogP contribution in [0.25, 0.3) is 10.2 Å². The molecule has 2 rings (SSSR count). The van der Waals surface area contributed by atoms with E-state index < -0.39 is 5.82 Å². The zero-order chi connectivity index (χ0) is 7.84. The Bertz CT molecular complexity index is 396. The summed E-state index contributed by atoms with van der Waals surface area (Å²) in [5.74, 6) is -0.400. The van der Waals surface area contributed by atoms with Crippen molar-refractivity contribution >= 4 is 27.2 Å². The molecule has 1 aromatic carbocycles. The zero-order valence-corrected chi connectivity index (χ0v) is 6.36. The molecule has 0 amide bonds. The van der Waals surface area contributed by atoms with Gasteiger partial charge in [0.05, 0.1) is 15.9 Å². The van der Waals surface area contributed by atoms with Crippen molar-refractivity contribution in [2.24, 2.45) is 0 Å². The molecule has 0 aliphatic heterocycles. The number of nitrogens with two attached hydrogens (primary N) is 1. The Morgan fingerprint density at radius 3 is 3.09 bits per heavy atom. The van der Waals surface area contributed by atoms with Gasteiger partial charge in [0, 0.05) is 0 Å². The van der Waals surface area contributed by atoms with Gasteiger partial charge in [0.25, 0.3) is 0 Å². The fraction of sp³-hybridized carbons (Fsp3) is 0. The molecule has 0 saturated carbocycles. The molecule has 0 atom stereocenters. The van der Waals surface area contributed by atoms with Crippen molar-refractivity contribution in [3.63, 3.8) is 0 Å². The van der Waals surface area contributed by atoms with Crippen molar-refractivity contribution in [2.75, 3.05) is 5.73 Å². The first-order valence-corrected chi connectivity index (χ1v) is 3.94.